The first-order valence-electron chi connectivity index (χ1n) is 8.88. The molecule has 2 aromatic rings. The van der Waals surface area contributed by atoms with Crippen LogP contribution < -0.4 is 11.1 Å². The van der Waals surface area contributed by atoms with E-state index in [1.807, 2.05) is 60.7 Å². The lowest BCUT2D eigenvalue weighted by Crippen LogP contribution is -2.45. The fourth-order valence-corrected chi connectivity index (χ4v) is 2.71. The lowest BCUT2D eigenvalue weighted by atomic mass is 9.99. The summed E-state index contributed by atoms with van der Waals surface area (Å²) in [5, 5.41) is 2.80. The Balaban J connectivity index is 0.00000364. The van der Waals surface area contributed by atoms with Crippen molar-refractivity contribution >= 4 is 24.3 Å². The van der Waals surface area contributed by atoms with E-state index in [-0.39, 0.29) is 30.8 Å². The molecule has 0 aliphatic rings. The lowest BCUT2D eigenvalue weighted by molar-refractivity contribution is -0.147. The van der Waals surface area contributed by atoms with Crippen LogP contribution in [0.15, 0.2) is 60.7 Å². The van der Waals surface area contributed by atoms with Crippen LogP contribution in [0.4, 0.5) is 0 Å². The highest BCUT2D eigenvalue weighted by Crippen LogP contribution is 2.10. The molecule has 0 aliphatic carbocycles. The van der Waals surface area contributed by atoms with Crippen molar-refractivity contribution in [2.45, 2.75) is 25.8 Å². The third kappa shape index (κ3) is 7.81. The number of ether oxygens (including phenoxy) is 1. The molecule has 6 heteroatoms. The first-order chi connectivity index (χ1) is 12.6. The maximum absolute atomic E-state index is 12.3. The molecular weight excluding hydrogens is 364 g/mol. The standard InChI is InChI=1S/C21H26N2O3.ClH/c1-2-26-21(25)18(13-16-9-5-3-6-10-16)15-23-20(24)19(22)14-17-11-7-4-8-12-17;/h3-12,18-19H,2,13-15,22H2,1H3,(H,23,24);1H/t18?,19-;/m0./s1. The van der Waals surface area contributed by atoms with Crippen molar-refractivity contribution < 1.29 is 14.3 Å². The number of amides is 1. The number of hydrogen-bond donors (Lipinski definition) is 2. The summed E-state index contributed by atoms with van der Waals surface area (Å²) in [6, 6.07) is 18.6. The Kier molecular flexibility index (Phi) is 10.2. The van der Waals surface area contributed by atoms with E-state index >= 15 is 0 Å². The van der Waals surface area contributed by atoms with Crippen molar-refractivity contribution in [3.63, 3.8) is 0 Å². The maximum atomic E-state index is 12.3. The molecule has 2 atom stereocenters. The van der Waals surface area contributed by atoms with E-state index in [1.54, 1.807) is 6.92 Å². The second-order valence-corrected chi connectivity index (χ2v) is 6.18. The summed E-state index contributed by atoms with van der Waals surface area (Å²) < 4.78 is 5.14. The fourth-order valence-electron chi connectivity index (χ4n) is 2.71. The second-order valence-electron chi connectivity index (χ2n) is 6.18. The zero-order chi connectivity index (χ0) is 18.8. The minimum absolute atomic E-state index is 0. The van der Waals surface area contributed by atoms with Gasteiger partial charge in [-0.25, -0.2) is 0 Å². The molecular formula is C21H27ClN2O3. The Labute approximate surface area is 166 Å². The Morgan fingerprint density at radius 3 is 2.00 bits per heavy atom. The van der Waals surface area contributed by atoms with Crippen LogP contribution in [0.25, 0.3) is 0 Å². The predicted octanol–water partition coefficient (Wildman–Crippen LogP) is 2.52. The summed E-state index contributed by atoms with van der Waals surface area (Å²) in [7, 11) is 0. The van der Waals surface area contributed by atoms with Crippen LogP contribution >= 0.6 is 12.4 Å². The van der Waals surface area contributed by atoms with Gasteiger partial charge in [-0.1, -0.05) is 60.7 Å². The molecule has 0 saturated heterocycles. The highest BCUT2D eigenvalue weighted by Gasteiger charge is 2.22. The average molecular weight is 391 g/mol. The van der Waals surface area contributed by atoms with Gasteiger partial charge in [0.05, 0.1) is 18.6 Å². The smallest absolute Gasteiger partial charge is 0.311 e. The van der Waals surface area contributed by atoms with Crippen molar-refractivity contribution in [3.8, 4) is 0 Å². The zero-order valence-corrected chi connectivity index (χ0v) is 16.3. The Bertz CT molecular complexity index is 695. The normalized spacial score (nSPS) is 12.4. The van der Waals surface area contributed by atoms with E-state index in [0.717, 1.165) is 11.1 Å². The van der Waals surface area contributed by atoms with Gasteiger partial charge in [0, 0.05) is 6.54 Å². The summed E-state index contributed by atoms with van der Waals surface area (Å²) in [4.78, 5) is 24.5. The molecule has 1 unspecified atom stereocenters. The van der Waals surface area contributed by atoms with Gasteiger partial charge in [-0.3, -0.25) is 9.59 Å². The highest BCUT2D eigenvalue weighted by atomic mass is 35.5. The van der Waals surface area contributed by atoms with Crippen LogP contribution in [0.5, 0.6) is 0 Å². The molecule has 0 radical (unpaired) electrons. The molecule has 0 heterocycles. The van der Waals surface area contributed by atoms with Crippen LogP contribution in [0.2, 0.25) is 0 Å². The number of rotatable bonds is 9. The molecule has 27 heavy (non-hydrogen) atoms. The van der Waals surface area contributed by atoms with Gasteiger partial charge >= 0.3 is 5.97 Å². The number of esters is 1. The van der Waals surface area contributed by atoms with Crippen molar-refractivity contribution in [1.82, 2.24) is 5.32 Å². The molecule has 2 rings (SSSR count). The Morgan fingerprint density at radius 1 is 0.963 bits per heavy atom. The number of nitrogens with one attached hydrogen (secondary N) is 1. The zero-order valence-electron chi connectivity index (χ0n) is 15.5. The summed E-state index contributed by atoms with van der Waals surface area (Å²) in [5.41, 5.74) is 8.02. The van der Waals surface area contributed by atoms with Gasteiger partial charge in [-0.05, 0) is 30.9 Å². The van der Waals surface area contributed by atoms with Gasteiger partial charge in [-0.2, -0.15) is 0 Å². The monoisotopic (exact) mass is 390 g/mol. The van der Waals surface area contributed by atoms with Crippen molar-refractivity contribution in [1.29, 1.82) is 0 Å². The lowest BCUT2D eigenvalue weighted by Gasteiger charge is -2.18. The highest BCUT2D eigenvalue weighted by molar-refractivity contribution is 5.85. The predicted molar refractivity (Wildman–Crippen MR) is 109 cm³/mol. The number of carbonyl (C=O) groups is 2. The van der Waals surface area contributed by atoms with E-state index in [2.05, 4.69) is 5.32 Å². The molecule has 0 aliphatic heterocycles. The molecule has 0 bridgehead atoms. The number of carbonyl (C=O) groups excluding carboxylic acids is 2. The molecule has 2 aromatic carbocycles. The minimum Gasteiger partial charge on any atom is -0.466 e. The van der Waals surface area contributed by atoms with Crippen LogP contribution in [-0.2, 0) is 27.2 Å². The van der Waals surface area contributed by atoms with Gasteiger partial charge in [0.25, 0.3) is 0 Å². The summed E-state index contributed by atoms with van der Waals surface area (Å²) >= 11 is 0. The van der Waals surface area contributed by atoms with Gasteiger partial charge in [0.15, 0.2) is 0 Å². The summed E-state index contributed by atoms with van der Waals surface area (Å²) in [5.74, 6) is -1.02. The fraction of sp³-hybridized carbons (Fsp3) is 0.333. The van der Waals surface area contributed by atoms with Gasteiger partial charge in [-0.15, -0.1) is 12.4 Å². The number of halogens is 1. The van der Waals surface area contributed by atoms with E-state index in [9.17, 15) is 9.59 Å². The van der Waals surface area contributed by atoms with E-state index in [4.69, 9.17) is 10.5 Å². The third-order valence-corrected chi connectivity index (χ3v) is 4.10. The third-order valence-electron chi connectivity index (χ3n) is 4.10. The van der Waals surface area contributed by atoms with Crippen molar-refractivity contribution in [3.05, 3.63) is 71.8 Å². The van der Waals surface area contributed by atoms with Gasteiger partial charge < -0.3 is 15.8 Å². The van der Waals surface area contributed by atoms with E-state index in [0.29, 0.717) is 19.4 Å². The summed E-state index contributed by atoms with van der Waals surface area (Å²) in [6.07, 6.45) is 0.962. The maximum Gasteiger partial charge on any atom is 0.311 e. The van der Waals surface area contributed by atoms with E-state index in [1.165, 1.54) is 0 Å². The molecule has 5 nitrogen and oxygen atoms in total. The SMILES string of the molecule is CCOC(=O)C(CNC(=O)[C@@H](N)Cc1ccccc1)Cc1ccccc1.Cl. The molecule has 3 N–H and O–H groups in total. The Hall–Kier alpha value is -2.37. The van der Waals surface area contributed by atoms with Crippen LogP contribution in [-0.4, -0.2) is 31.1 Å². The van der Waals surface area contributed by atoms with Gasteiger partial charge in [0.2, 0.25) is 5.91 Å². The minimum atomic E-state index is -0.656. The number of nitrogens with two attached hydrogens (primary N) is 1. The molecule has 0 spiro atoms. The first kappa shape index (κ1) is 22.7. The average Bonchev–Trinajstić information content (AvgIpc) is 2.66. The van der Waals surface area contributed by atoms with Crippen molar-refractivity contribution in [2.75, 3.05) is 13.2 Å². The van der Waals surface area contributed by atoms with Crippen molar-refractivity contribution in [2.24, 2.45) is 11.7 Å². The van der Waals surface area contributed by atoms with E-state index < -0.39 is 12.0 Å². The quantitative estimate of drug-likeness (QED) is 0.644. The topological polar surface area (TPSA) is 81.4 Å². The second kappa shape index (κ2) is 12.1. The first-order valence-corrected chi connectivity index (χ1v) is 8.88. The molecule has 146 valence electrons. The molecule has 0 aromatic heterocycles. The Morgan fingerprint density at radius 2 is 1.48 bits per heavy atom. The number of benzene rings is 2. The van der Waals surface area contributed by atoms with Crippen LogP contribution in [0.3, 0.4) is 0 Å². The number of hydrogen-bond acceptors (Lipinski definition) is 4. The summed E-state index contributed by atoms with van der Waals surface area (Å²) in [6.45, 7) is 2.28. The molecule has 0 saturated carbocycles. The van der Waals surface area contributed by atoms with Crippen LogP contribution in [0, 0.1) is 5.92 Å². The van der Waals surface area contributed by atoms with Crippen LogP contribution in [0.1, 0.15) is 18.1 Å². The van der Waals surface area contributed by atoms with Gasteiger partial charge in [0.1, 0.15) is 0 Å². The largest absolute Gasteiger partial charge is 0.466 e. The molecule has 0 fully saturated rings. The molecule has 1 amide bonds.